The predicted octanol–water partition coefficient (Wildman–Crippen LogP) is 3.07. The topological polar surface area (TPSA) is 42.7 Å². The molecule has 1 N–H and O–H groups in total. The summed E-state index contributed by atoms with van der Waals surface area (Å²) in [5.41, 5.74) is 2.38. The number of rotatable bonds is 5. The predicted molar refractivity (Wildman–Crippen MR) is 84.1 cm³/mol. The molecule has 0 fully saturated rings. The van der Waals surface area contributed by atoms with Crippen molar-refractivity contribution in [3.05, 3.63) is 34.0 Å². The fourth-order valence-corrected chi connectivity index (χ4v) is 3.14. The SMILES string of the molecule is CCNC(Cc1nc(C(C)(C)C)cs1)c1ccn(C)n1. The van der Waals surface area contributed by atoms with Gasteiger partial charge in [0.25, 0.3) is 0 Å². The maximum Gasteiger partial charge on any atom is 0.0948 e. The van der Waals surface area contributed by atoms with Gasteiger partial charge in [0.1, 0.15) is 0 Å². The first-order valence-electron chi connectivity index (χ1n) is 7.08. The molecule has 2 aromatic rings. The lowest BCUT2D eigenvalue weighted by Crippen LogP contribution is -2.23. The van der Waals surface area contributed by atoms with Crippen LogP contribution in [-0.2, 0) is 18.9 Å². The van der Waals surface area contributed by atoms with Crippen LogP contribution in [0.3, 0.4) is 0 Å². The molecule has 2 rings (SSSR count). The molecule has 0 radical (unpaired) electrons. The molecule has 1 unspecified atom stereocenters. The minimum Gasteiger partial charge on any atom is -0.309 e. The van der Waals surface area contributed by atoms with Crippen molar-refractivity contribution in [1.29, 1.82) is 0 Å². The Morgan fingerprint density at radius 3 is 2.65 bits per heavy atom. The van der Waals surface area contributed by atoms with E-state index >= 15 is 0 Å². The molecule has 2 aromatic heterocycles. The summed E-state index contributed by atoms with van der Waals surface area (Å²) in [5.74, 6) is 0. The molecule has 4 nitrogen and oxygen atoms in total. The van der Waals surface area contributed by atoms with Gasteiger partial charge in [-0.05, 0) is 12.6 Å². The quantitative estimate of drug-likeness (QED) is 0.921. The third-order valence-corrected chi connectivity index (χ3v) is 4.11. The molecule has 0 spiro atoms. The van der Waals surface area contributed by atoms with Crippen LogP contribution >= 0.6 is 11.3 Å². The molecule has 0 aliphatic heterocycles. The highest BCUT2D eigenvalue weighted by atomic mass is 32.1. The highest BCUT2D eigenvalue weighted by Crippen LogP contribution is 2.26. The van der Waals surface area contributed by atoms with Gasteiger partial charge in [0.05, 0.1) is 22.4 Å². The van der Waals surface area contributed by atoms with Gasteiger partial charge in [-0.1, -0.05) is 27.7 Å². The maximum absolute atomic E-state index is 4.78. The second kappa shape index (κ2) is 6.06. The lowest BCUT2D eigenvalue weighted by atomic mass is 9.93. The van der Waals surface area contributed by atoms with Gasteiger partial charge in [-0.2, -0.15) is 5.10 Å². The normalized spacial score (nSPS) is 13.7. The van der Waals surface area contributed by atoms with Gasteiger partial charge in [-0.3, -0.25) is 4.68 Å². The molecule has 20 heavy (non-hydrogen) atoms. The number of thiazole rings is 1. The molecule has 0 amide bonds. The van der Waals surface area contributed by atoms with Gasteiger partial charge in [-0.25, -0.2) is 4.98 Å². The van der Waals surface area contributed by atoms with Crippen molar-refractivity contribution < 1.29 is 0 Å². The zero-order chi connectivity index (χ0) is 14.8. The highest BCUT2D eigenvalue weighted by Gasteiger charge is 2.20. The number of nitrogens with zero attached hydrogens (tertiary/aromatic N) is 3. The third-order valence-electron chi connectivity index (χ3n) is 3.24. The Hall–Kier alpha value is -1.20. The van der Waals surface area contributed by atoms with Crippen LogP contribution in [0, 0.1) is 0 Å². The van der Waals surface area contributed by atoms with Crippen LogP contribution in [-0.4, -0.2) is 21.3 Å². The van der Waals surface area contributed by atoms with Crippen molar-refractivity contribution in [2.45, 2.75) is 45.6 Å². The fraction of sp³-hybridized carbons (Fsp3) is 0.600. The number of hydrogen-bond acceptors (Lipinski definition) is 4. The average Bonchev–Trinajstić information content (AvgIpc) is 2.96. The molecule has 0 aromatic carbocycles. The average molecular weight is 292 g/mol. The third kappa shape index (κ3) is 3.67. The monoisotopic (exact) mass is 292 g/mol. The largest absolute Gasteiger partial charge is 0.309 e. The van der Waals surface area contributed by atoms with E-state index in [2.05, 4.69) is 49.6 Å². The Kier molecular flexibility index (Phi) is 4.60. The summed E-state index contributed by atoms with van der Waals surface area (Å²) >= 11 is 1.75. The van der Waals surface area contributed by atoms with Gasteiger partial charge < -0.3 is 5.32 Å². The molecular formula is C15H24N4S. The fourth-order valence-electron chi connectivity index (χ4n) is 2.07. The molecular weight excluding hydrogens is 268 g/mol. The Bertz CT molecular complexity index is 550. The standard InChI is InChI=1S/C15H24N4S/c1-6-16-12(11-7-8-19(5)18-11)9-14-17-13(10-20-14)15(2,3)4/h7-8,10,12,16H,6,9H2,1-5H3. The summed E-state index contributed by atoms with van der Waals surface area (Å²) < 4.78 is 1.85. The zero-order valence-corrected chi connectivity index (χ0v) is 13.8. The van der Waals surface area contributed by atoms with Gasteiger partial charge >= 0.3 is 0 Å². The van der Waals surface area contributed by atoms with Gasteiger partial charge in [0, 0.05) is 30.5 Å². The Morgan fingerprint density at radius 2 is 2.15 bits per heavy atom. The van der Waals surface area contributed by atoms with Crippen molar-refractivity contribution in [3.8, 4) is 0 Å². The van der Waals surface area contributed by atoms with E-state index in [9.17, 15) is 0 Å². The number of nitrogens with one attached hydrogen (secondary N) is 1. The lowest BCUT2D eigenvalue weighted by molar-refractivity contribution is 0.522. The van der Waals surface area contributed by atoms with Crippen LogP contribution in [0.4, 0.5) is 0 Å². The van der Waals surface area contributed by atoms with Crippen LogP contribution in [0.2, 0.25) is 0 Å². The van der Waals surface area contributed by atoms with Gasteiger partial charge in [0.2, 0.25) is 0 Å². The second-order valence-electron chi connectivity index (χ2n) is 6.11. The molecule has 1 atom stereocenters. The summed E-state index contributed by atoms with van der Waals surface area (Å²) in [5, 5.41) is 11.4. The van der Waals surface area contributed by atoms with E-state index in [1.54, 1.807) is 11.3 Å². The molecule has 110 valence electrons. The first-order valence-corrected chi connectivity index (χ1v) is 7.96. The number of aryl methyl sites for hydroxylation is 1. The Morgan fingerprint density at radius 1 is 1.40 bits per heavy atom. The highest BCUT2D eigenvalue weighted by molar-refractivity contribution is 7.09. The van der Waals surface area contributed by atoms with E-state index in [1.807, 2.05) is 17.9 Å². The summed E-state index contributed by atoms with van der Waals surface area (Å²) in [7, 11) is 1.95. The van der Waals surface area contributed by atoms with E-state index in [0.717, 1.165) is 18.7 Å². The number of hydrogen-bond donors (Lipinski definition) is 1. The van der Waals surface area contributed by atoms with Gasteiger partial charge in [0.15, 0.2) is 0 Å². The van der Waals surface area contributed by atoms with Crippen LogP contribution < -0.4 is 5.32 Å². The van der Waals surface area contributed by atoms with Crippen molar-refractivity contribution in [1.82, 2.24) is 20.1 Å². The smallest absolute Gasteiger partial charge is 0.0948 e. The molecule has 0 saturated carbocycles. The number of aromatic nitrogens is 3. The summed E-state index contributed by atoms with van der Waals surface area (Å²) in [6, 6.07) is 2.31. The first kappa shape index (κ1) is 15.2. The minimum absolute atomic E-state index is 0.118. The van der Waals surface area contributed by atoms with Crippen LogP contribution in [0.5, 0.6) is 0 Å². The van der Waals surface area contributed by atoms with E-state index in [4.69, 9.17) is 4.98 Å². The van der Waals surface area contributed by atoms with Crippen molar-refractivity contribution in [2.75, 3.05) is 6.54 Å². The zero-order valence-electron chi connectivity index (χ0n) is 13.0. The van der Waals surface area contributed by atoms with Gasteiger partial charge in [-0.15, -0.1) is 11.3 Å². The van der Waals surface area contributed by atoms with Crippen LogP contribution in [0.15, 0.2) is 17.6 Å². The summed E-state index contributed by atoms with van der Waals surface area (Å²) in [6.07, 6.45) is 2.88. The van der Waals surface area contributed by atoms with E-state index < -0.39 is 0 Å². The van der Waals surface area contributed by atoms with E-state index in [-0.39, 0.29) is 11.5 Å². The Balaban J connectivity index is 2.14. The molecule has 0 aliphatic rings. The molecule has 0 bridgehead atoms. The van der Waals surface area contributed by atoms with E-state index in [0.29, 0.717) is 0 Å². The molecule has 0 saturated heterocycles. The summed E-state index contributed by atoms with van der Waals surface area (Å²) in [4.78, 5) is 4.78. The molecule has 5 heteroatoms. The van der Waals surface area contributed by atoms with Crippen molar-refractivity contribution >= 4 is 11.3 Å². The number of likely N-dealkylation sites (N-methyl/N-ethyl adjacent to an activating group) is 1. The van der Waals surface area contributed by atoms with E-state index in [1.165, 1.54) is 10.7 Å². The maximum atomic E-state index is 4.78. The summed E-state index contributed by atoms with van der Waals surface area (Å²) in [6.45, 7) is 9.65. The van der Waals surface area contributed by atoms with Crippen molar-refractivity contribution in [2.24, 2.45) is 7.05 Å². The van der Waals surface area contributed by atoms with Crippen molar-refractivity contribution in [3.63, 3.8) is 0 Å². The first-order chi connectivity index (χ1) is 9.40. The van der Waals surface area contributed by atoms with Crippen LogP contribution in [0.25, 0.3) is 0 Å². The van der Waals surface area contributed by atoms with Crippen LogP contribution in [0.1, 0.15) is 50.1 Å². The molecule has 0 aliphatic carbocycles. The minimum atomic E-state index is 0.118. The Labute approximate surface area is 125 Å². The molecule has 2 heterocycles. The second-order valence-corrected chi connectivity index (χ2v) is 7.05. The lowest BCUT2D eigenvalue weighted by Gasteiger charge is -2.15.